The highest BCUT2D eigenvalue weighted by molar-refractivity contribution is 6.31. The lowest BCUT2D eigenvalue weighted by Gasteiger charge is -2.20. The second-order valence-electron chi connectivity index (χ2n) is 5.37. The van der Waals surface area contributed by atoms with Crippen molar-refractivity contribution >= 4 is 17.5 Å². The van der Waals surface area contributed by atoms with E-state index in [1.807, 2.05) is 18.4 Å². The first-order chi connectivity index (χ1) is 9.88. The molecule has 0 aliphatic rings. The fourth-order valence-corrected chi connectivity index (χ4v) is 2.40. The molecule has 0 bridgehead atoms. The van der Waals surface area contributed by atoms with Gasteiger partial charge >= 0.3 is 0 Å². The molecule has 1 heterocycles. The standard InChI is InChI=1S/C16H19ClN2O2/c1-11(2)19-10-13(17)8-15(19)16(21)18(3)9-12-4-6-14(20)7-5-12/h4-8,10-11,20H,9H2,1-3H3. The van der Waals surface area contributed by atoms with Gasteiger partial charge < -0.3 is 14.6 Å². The molecule has 21 heavy (non-hydrogen) atoms. The summed E-state index contributed by atoms with van der Waals surface area (Å²) in [5, 5.41) is 9.84. The Kier molecular flexibility index (Phi) is 4.58. The van der Waals surface area contributed by atoms with Crippen molar-refractivity contribution in [1.29, 1.82) is 0 Å². The molecule has 2 aromatic rings. The van der Waals surface area contributed by atoms with Gasteiger partial charge in [-0.25, -0.2) is 0 Å². The molecule has 0 spiro atoms. The summed E-state index contributed by atoms with van der Waals surface area (Å²) in [6.45, 7) is 4.49. The summed E-state index contributed by atoms with van der Waals surface area (Å²) in [6, 6.07) is 8.68. The third kappa shape index (κ3) is 3.58. The molecule has 0 saturated carbocycles. The van der Waals surface area contributed by atoms with E-state index in [-0.39, 0.29) is 17.7 Å². The minimum absolute atomic E-state index is 0.0799. The number of hydrogen-bond acceptors (Lipinski definition) is 2. The Morgan fingerprint density at radius 1 is 1.33 bits per heavy atom. The van der Waals surface area contributed by atoms with Crippen LogP contribution >= 0.6 is 11.6 Å². The fourth-order valence-electron chi connectivity index (χ4n) is 2.19. The van der Waals surface area contributed by atoms with Crippen LogP contribution in [-0.2, 0) is 6.54 Å². The van der Waals surface area contributed by atoms with Crippen LogP contribution < -0.4 is 0 Å². The molecular formula is C16H19ClN2O2. The molecule has 0 atom stereocenters. The van der Waals surface area contributed by atoms with Crippen molar-refractivity contribution in [1.82, 2.24) is 9.47 Å². The van der Waals surface area contributed by atoms with E-state index in [4.69, 9.17) is 11.6 Å². The topological polar surface area (TPSA) is 45.5 Å². The second kappa shape index (κ2) is 6.22. The lowest BCUT2D eigenvalue weighted by atomic mass is 10.2. The number of phenols is 1. The maximum absolute atomic E-state index is 12.6. The average Bonchev–Trinajstić information content (AvgIpc) is 2.82. The third-order valence-corrected chi connectivity index (χ3v) is 3.50. The molecule has 1 N–H and O–H groups in total. The number of phenolic OH excluding ortho intramolecular Hbond substituents is 1. The Morgan fingerprint density at radius 3 is 2.52 bits per heavy atom. The van der Waals surface area contributed by atoms with Gasteiger partial charge in [-0.2, -0.15) is 0 Å². The molecule has 0 aliphatic heterocycles. The van der Waals surface area contributed by atoms with Gasteiger partial charge in [0.25, 0.3) is 5.91 Å². The highest BCUT2D eigenvalue weighted by Crippen LogP contribution is 2.21. The van der Waals surface area contributed by atoms with E-state index >= 15 is 0 Å². The molecule has 0 aliphatic carbocycles. The van der Waals surface area contributed by atoms with E-state index in [1.165, 1.54) is 0 Å². The maximum Gasteiger partial charge on any atom is 0.270 e. The number of nitrogens with zero attached hydrogens (tertiary/aromatic N) is 2. The van der Waals surface area contributed by atoms with Crippen LogP contribution in [0, 0.1) is 0 Å². The minimum Gasteiger partial charge on any atom is -0.508 e. The smallest absolute Gasteiger partial charge is 0.270 e. The van der Waals surface area contributed by atoms with E-state index in [2.05, 4.69) is 0 Å². The van der Waals surface area contributed by atoms with E-state index in [9.17, 15) is 9.90 Å². The molecule has 2 rings (SSSR count). The van der Waals surface area contributed by atoms with Crippen LogP contribution in [0.4, 0.5) is 0 Å². The van der Waals surface area contributed by atoms with Crippen molar-refractivity contribution in [2.24, 2.45) is 0 Å². The van der Waals surface area contributed by atoms with Crippen LogP contribution in [0.25, 0.3) is 0 Å². The summed E-state index contributed by atoms with van der Waals surface area (Å²) in [4.78, 5) is 14.2. The zero-order chi connectivity index (χ0) is 15.6. The van der Waals surface area contributed by atoms with Crippen molar-refractivity contribution in [3.63, 3.8) is 0 Å². The van der Waals surface area contributed by atoms with Crippen LogP contribution in [0.5, 0.6) is 5.75 Å². The molecule has 1 aromatic carbocycles. The molecule has 0 unspecified atom stereocenters. The number of aromatic hydroxyl groups is 1. The molecule has 0 saturated heterocycles. The van der Waals surface area contributed by atoms with Gasteiger partial charge in [0.05, 0.1) is 5.02 Å². The van der Waals surface area contributed by atoms with Crippen LogP contribution in [-0.4, -0.2) is 27.5 Å². The fraction of sp³-hybridized carbons (Fsp3) is 0.312. The zero-order valence-electron chi connectivity index (χ0n) is 12.4. The number of hydrogen-bond donors (Lipinski definition) is 1. The van der Waals surface area contributed by atoms with Gasteiger partial charge in [-0.3, -0.25) is 4.79 Å². The summed E-state index contributed by atoms with van der Waals surface area (Å²) in [5.41, 5.74) is 1.54. The number of aromatic nitrogens is 1. The summed E-state index contributed by atoms with van der Waals surface area (Å²) >= 11 is 6.02. The van der Waals surface area contributed by atoms with Crippen LogP contribution in [0.15, 0.2) is 36.5 Å². The number of carbonyl (C=O) groups excluding carboxylic acids is 1. The van der Waals surface area contributed by atoms with Gasteiger partial charge in [0, 0.05) is 25.8 Å². The molecule has 0 radical (unpaired) electrons. The summed E-state index contributed by atoms with van der Waals surface area (Å²) in [6.07, 6.45) is 1.77. The van der Waals surface area contributed by atoms with Gasteiger partial charge in [0.15, 0.2) is 0 Å². The van der Waals surface area contributed by atoms with Crippen LogP contribution in [0.3, 0.4) is 0 Å². The molecular weight excluding hydrogens is 288 g/mol. The Labute approximate surface area is 129 Å². The quantitative estimate of drug-likeness (QED) is 0.936. The summed E-state index contributed by atoms with van der Waals surface area (Å²) < 4.78 is 1.87. The molecule has 5 heteroatoms. The van der Waals surface area contributed by atoms with Gasteiger partial charge in [0.2, 0.25) is 0 Å². The summed E-state index contributed by atoms with van der Waals surface area (Å²) in [7, 11) is 1.75. The van der Waals surface area contributed by atoms with Crippen molar-refractivity contribution in [2.45, 2.75) is 26.4 Å². The van der Waals surface area contributed by atoms with Crippen LogP contribution in [0.2, 0.25) is 5.02 Å². The van der Waals surface area contributed by atoms with Crippen molar-refractivity contribution in [2.75, 3.05) is 7.05 Å². The average molecular weight is 307 g/mol. The lowest BCUT2D eigenvalue weighted by molar-refractivity contribution is 0.0773. The lowest BCUT2D eigenvalue weighted by Crippen LogP contribution is -2.28. The molecule has 4 nitrogen and oxygen atoms in total. The SMILES string of the molecule is CC(C)n1cc(Cl)cc1C(=O)N(C)Cc1ccc(O)cc1. The Bertz CT molecular complexity index is 632. The first-order valence-corrected chi connectivity index (χ1v) is 7.17. The van der Waals surface area contributed by atoms with Gasteiger partial charge in [0.1, 0.15) is 11.4 Å². The van der Waals surface area contributed by atoms with E-state index in [1.54, 1.807) is 48.5 Å². The Balaban J connectivity index is 2.17. The van der Waals surface area contributed by atoms with E-state index < -0.39 is 0 Å². The normalized spacial score (nSPS) is 10.9. The number of amides is 1. The minimum atomic E-state index is -0.0799. The predicted octanol–water partition coefficient (Wildman–Crippen LogP) is 3.70. The first-order valence-electron chi connectivity index (χ1n) is 6.79. The number of rotatable bonds is 4. The number of carbonyl (C=O) groups is 1. The molecule has 0 fully saturated rings. The predicted molar refractivity (Wildman–Crippen MR) is 83.7 cm³/mol. The highest BCUT2D eigenvalue weighted by atomic mass is 35.5. The monoisotopic (exact) mass is 306 g/mol. The largest absolute Gasteiger partial charge is 0.508 e. The first kappa shape index (κ1) is 15.4. The van der Waals surface area contributed by atoms with E-state index in [0.29, 0.717) is 17.3 Å². The number of halogens is 1. The number of benzene rings is 1. The van der Waals surface area contributed by atoms with E-state index in [0.717, 1.165) is 5.56 Å². The van der Waals surface area contributed by atoms with Gasteiger partial charge in [-0.05, 0) is 37.6 Å². The van der Waals surface area contributed by atoms with Gasteiger partial charge in [-0.15, -0.1) is 0 Å². The maximum atomic E-state index is 12.6. The molecule has 112 valence electrons. The van der Waals surface area contributed by atoms with Crippen LogP contribution in [0.1, 0.15) is 35.9 Å². The third-order valence-electron chi connectivity index (χ3n) is 3.29. The van der Waals surface area contributed by atoms with Crippen molar-refractivity contribution in [3.05, 3.63) is 52.8 Å². The Morgan fingerprint density at radius 2 is 1.95 bits per heavy atom. The van der Waals surface area contributed by atoms with Gasteiger partial charge in [-0.1, -0.05) is 23.7 Å². The summed E-state index contributed by atoms with van der Waals surface area (Å²) in [5.74, 6) is 0.136. The second-order valence-corrected chi connectivity index (χ2v) is 5.81. The zero-order valence-corrected chi connectivity index (χ0v) is 13.1. The Hall–Kier alpha value is -1.94. The van der Waals surface area contributed by atoms with Crippen molar-refractivity contribution in [3.8, 4) is 5.75 Å². The highest BCUT2D eigenvalue weighted by Gasteiger charge is 2.18. The molecule has 1 amide bonds. The molecule has 1 aromatic heterocycles. The van der Waals surface area contributed by atoms with Crippen molar-refractivity contribution < 1.29 is 9.90 Å².